The van der Waals surface area contributed by atoms with Crippen LogP contribution in [0.2, 0.25) is 0 Å². The summed E-state index contributed by atoms with van der Waals surface area (Å²) >= 11 is 2.89. The van der Waals surface area contributed by atoms with E-state index < -0.39 is 11.8 Å². The molecule has 0 spiro atoms. The van der Waals surface area contributed by atoms with Gasteiger partial charge in [0.15, 0.2) is 0 Å². The molecule has 4 heterocycles. The molecular formula is C26H27N3O6S2. The largest absolute Gasteiger partial charge is 0.496 e. The van der Waals surface area contributed by atoms with Crippen molar-refractivity contribution < 1.29 is 23.9 Å². The van der Waals surface area contributed by atoms with Crippen molar-refractivity contribution in [2.75, 3.05) is 40.0 Å². The standard InChI is InChI=1S/C26H27N3O6S2/c1-34-15-5-3-2-4-12(15)17-18-13-10-14(21(18)36-23-22(17)37-26(33)27-23)20-19(13)24(31)29(25(20)32)11-16(30)28-6-8-35-9-7-28/h2-5,13-14,17-21H,6-11H2,1H3,(H,27,33)/t13?,14?,17-,18?,19?,20?,21?/m1/s1. The minimum atomic E-state index is -0.411. The Hall–Kier alpha value is -2.63. The Morgan fingerprint density at radius 1 is 1.11 bits per heavy atom. The lowest BCUT2D eigenvalue weighted by atomic mass is 9.68. The number of hydrogen-bond acceptors (Lipinski definition) is 8. The molecule has 3 amide bonds. The average Bonchev–Trinajstić information content (AvgIpc) is 3.65. The maximum absolute atomic E-state index is 13.7. The van der Waals surface area contributed by atoms with Crippen molar-refractivity contribution in [2.45, 2.75) is 22.6 Å². The van der Waals surface area contributed by atoms with E-state index in [4.69, 9.17) is 9.47 Å². The quantitative estimate of drug-likeness (QED) is 0.588. The smallest absolute Gasteiger partial charge is 0.305 e. The minimum absolute atomic E-state index is 0.00713. The second kappa shape index (κ2) is 8.71. The molecule has 194 valence electrons. The van der Waals surface area contributed by atoms with Crippen molar-refractivity contribution in [3.63, 3.8) is 0 Å². The number of aromatic amines is 1. The van der Waals surface area contributed by atoms with E-state index in [1.54, 1.807) is 23.8 Å². The van der Waals surface area contributed by atoms with Crippen molar-refractivity contribution in [3.8, 4) is 5.75 Å². The molecule has 2 saturated carbocycles. The number of fused-ring (bicyclic) bond motifs is 9. The number of benzene rings is 1. The van der Waals surface area contributed by atoms with Crippen molar-refractivity contribution in [2.24, 2.45) is 29.6 Å². The van der Waals surface area contributed by atoms with Crippen molar-refractivity contribution >= 4 is 40.8 Å². The van der Waals surface area contributed by atoms with Crippen LogP contribution in [0.25, 0.3) is 0 Å². The Morgan fingerprint density at radius 2 is 1.84 bits per heavy atom. The van der Waals surface area contributed by atoms with Crippen LogP contribution in [0.5, 0.6) is 5.75 Å². The van der Waals surface area contributed by atoms with Crippen LogP contribution in [0.1, 0.15) is 22.8 Å². The number of nitrogens with zero attached hydrogens (tertiary/aromatic N) is 2. The zero-order valence-electron chi connectivity index (χ0n) is 20.3. The minimum Gasteiger partial charge on any atom is -0.496 e. The molecule has 4 fully saturated rings. The molecular weight excluding hydrogens is 514 g/mol. The van der Waals surface area contributed by atoms with Gasteiger partial charge in [0.2, 0.25) is 17.7 Å². The number of imide groups is 1. The van der Waals surface area contributed by atoms with Crippen LogP contribution in [0.4, 0.5) is 0 Å². The number of carbonyl (C=O) groups excluding carboxylic acids is 3. The van der Waals surface area contributed by atoms with E-state index in [1.165, 1.54) is 16.2 Å². The Kier molecular flexibility index (Phi) is 5.53. The number of nitrogens with one attached hydrogen (secondary N) is 1. The van der Waals surface area contributed by atoms with Gasteiger partial charge in [-0.15, -0.1) is 11.8 Å². The van der Waals surface area contributed by atoms with E-state index in [0.29, 0.717) is 26.3 Å². The van der Waals surface area contributed by atoms with Crippen LogP contribution in [0.3, 0.4) is 0 Å². The molecule has 11 heteroatoms. The number of likely N-dealkylation sites (tertiary alicyclic amines) is 1. The van der Waals surface area contributed by atoms with Gasteiger partial charge in [-0.3, -0.25) is 24.1 Å². The first-order chi connectivity index (χ1) is 18.0. The van der Waals surface area contributed by atoms with Crippen molar-refractivity contribution in [1.29, 1.82) is 0 Å². The van der Waals surface area contributed by atoms with Gasteiger partial charge < -0.3 is 19.4 Å². The fourth-order valence-corrected chi connectivity index (χ4v) is 10.4. The molecule has 7 atom stereocenters. The Balaban J connectivity index is 1.24. The van der Waals surface area contributed by atoms with Gasteiger partial charge in [-0.2, -0.15) is 0 Å². The van der Waals surface area contributed by atoms with Gasteiger partial charge in [-0.25, -0.2) is 0 Å². The molecule has 7 rings (SSSR count). The molecule has 2 aliphatic carbocycles. The summed E-state index contributed by atoms with van der Waals surface area (Å²) in [6.07, 6.45) is 0.811. The molecule has 9 nitrogen and oxygen atoms in total. The number of morpholine rings is 1. The summed E-state index contributed by atoms with van der Waals surface area (Å²) in [6.45, 7) is 1.72. The predicted molar refractivity (Wildman–Crippen MR) is 136 cm³/mol. The number of hydrogen-bond donors (Lipinski definition) is 1. The van der Waals surface area contributed by atoms with E-state index in [9.17, 15) is 19.2 Å². The van der Waals surface area contributed by atoms with Crippen LogP contribution in [0.15, 0.2) is 34.1 Å². The van der Waals surface area contributed by atoms with Gasteiger partial charge in [0.1, 0.15) is 12.3 Å². The van der Waals surface area contributed by atoms with Crippen LogP contribution in [-0.4, -0.2) is 77.7 Å². The molecule has 0 radical (unpaired) electrons. The molecule has 2 saturated heterocycles. The van der Waals surface area contributed by atoms with E-state index in [0.717, 1.165) is 27.6 Å². The highest BCUT2D eigenvalue weighted by atomic mass is 32.2. The highest BCUT2D eigenvalue weighted by Crippen LogP contribution is 2.68. The second-order valence-electron chi connectivity index (χ2n) is 10.5. The summed E-state index contributed by atoms with van der Waals surface area (Å²) in [5.74, 6) is -0.624. The monoisotopic (exact) mass is 541 g/mol. The van der Waals surface area contributed by atoms with Crippen LogP contribution in [0, 0.1) is 29.6 Å². The highest BCUT2D eigenvalue weighted by Gasteiger charge is 2.69. The van der Waals surface area contributed by atoms with Gasteiger partial charge in [-0.05, 0) is 30.2 Å². The first-order valence-corrected chi connectivity index (χ1v) is 14.4. The number of carbonyl (C=O) groups is 3. The number of aromatic nitrogens is 1. The first kappa shape index (κ1) is 23.5. The third kappa shape index (κ3) is 3.39. The molecule has 6 unspecified atom stereocenters. The van der Waals surface area contributed by atoms with Crippen LogP contribution < -0.4 is 9.61 Å². The van der Waals surface area contributed by atoms with Gasteiger partial charge in [0.25, 0.3) is 0 Å². The summed E-state index contributed by atoms with van der Waals surface area (Å²) in [5.41, 5.74) is 1.01. The third-order valence-electron chi connectivity index (χ3n) is 8.95. The van der Waals surface area contributed by atoms with Gasteiger partial charge >= 0.3 is 4.87 Å². The molecule has 1 aromatic carbocycles. The zero-order valence-corrected chi connectivity index (χ0v) is 21.9. The summed E-state index contributed by atoms with van der Waals surface area (Å²) in [4.78, 5) is 59.5. The number of methoxy groups -OCH3 is 1. The van der Waals surface area contributed by atoms with Crippen LogP contribution in [-0.2, 0) is 19.1 Å². The Bertz CT molecular complexity index is 1350. The molecule has 5 aliphatic rings. The summed E-state index contributed by atoms with van der Waals surface area (Å²) < 4.78 is 11.1. The predicted octanol–water partition coefficient (Wildman–Crippen LogP) is 1.78. The molecule has 2 aromatic rings. The number of thiazole rings is 1. The molecule has 1 N–H and O–H groups in total. The lowest BCUT2D eigenvalue weighted by molar-refractivity contribution is -0.148. The second-order valence-corrected chi connectivity index (χ2v) is 12.7. The van der Waals surface area contributed by atoms with E-state index in [1.807, 2.05) is 24.3 Å². The van der Waals surface area contributed by atoms with Crippen LogP contribution >= 0.6 is 23.1 Å². The summed E-state index contributed by atoms with van der Waals surface area (Å²) in [6, 6.07) is 7.88. The zero-order chi connectivity index (χ0) is 25.4. The maximum atomic E-state index is 13.7. The molecule has 37 heavy (non-hydrogen) atoms. The van der Waals surface area contributed by atoms with E-state index in [-0.39, 0.29) is 58.1 Å². The SMILES string of the molecule is COc1ccccc1[C@H]1c2sc(=O)[nH]c2SC2C3CC(C4C(=O)N(CC(=O)N5CCOCC5)C(=O)C34)C21. The third-order valence-corrected chi connectivity index (χ3v) is 11.5. The van der Waals surface area contributed by atoms with Gasteiger partial charge in [0, 0.05) is 34.7 Å². The van der Waals surface area contributed by atoms with E-state index in [2.05, 4.69) is 4.98 Å². The lowest BCUT2D eigenvalue weighted by Crippen LogP contribution is -2.47. The lowest BCUT2D eigenvalue weighted by Gasteiger charge is -2.43. The fourth-order valence-electron chi connectivity index (χ4n) is 7.55. The highest BCUT2D eigenvalue weighted by molar-refractivity contribution is 8.00. The summed E-state index contributed by atoms with van der Waals surface area (Å²) in [5, 5.41) is 0.970. The number of thioether (sulfide) groups is 1. The number of ether oxygens (including phenoxy) is 2. The Morgan fingerprint density at radius 3 is 2.59 bits per heavy atom. The molecule has 3 aliphatic heterocycles. The number of amides is 3. The fraction of sp³-hybridized carbons (Fsp3) is 0.538. The van der Waals surface area contributed by atoms with Crippen molar-refractivity contribution in [1.82, 2.24) is 14.8 Å². The topological polar surface area (TPSA) is 109 Å². The van der Waals surface area contributed by atoms with E-state index >= 15 is 0 Å². The molecule has 2 bridgehead atoms. The number of rotatable bonds is 4. The normalized spacial score (nSPS) is 33.9. The summed E-state index contributed by atoms with van der Waals surface area (Å²) in [7, 11) is 1.65. The maximum Gasteiger partial charge on any atom is 0.305 e. The average molecular weight is 542 g/mol. The first-order valence-electron chi connectivity index (χ1n) is 12.7. The number of H-pyrrole nitrogens is 1. The Labute approximate surface area is 221 Å². The van der Waals surface area contributed by atoms with Crippen molar-refractivity contribution in [3.05, 3.63) is 44.4 Å². The molecule has 1 aromatic heterocycles. The van der Waals surface area contributed by atoms with Gasteiger partial charge in [0.05, 0.1) is 37.2 Å². The van der Waals surface area contributed by atoms with Gasteiger partial charge in [-0.1, -0.05) is 29.5 Å². The number of para-hydroxylation sites is 1.